The molecule has 118 valence electrons. The molecule has 0 aromatic heterocycles. The van der Waals surface area contributed by atoms with E-state index in [9.17, 15) is 9.59 Å². The Bertz CT molecular complexity index is 541. The van der Waals surface area contributed by atoms with E-state index in [1.165, 1.54) is 0 Å². The van der Waals surface area contributed by atoms with Crippen LogP contribution in [0.3, 0.4) is 0 Å². The molecule has 0 atom stereocenters. The molecule has 0 radical (unpaired) electrons. The van der Waals surface area contributed by atoms with Crippen molar-refractivity contribution in [2.75, 3.05) is 26.2 Å². The van der Waals surface area contributed by atoms with E-state index in [2.05, 4.69) is 15.7 Å². The molecular weight excluding hydrogens is 286 g/mol. The number of nitrogens with two attached hydrogens (primary N) is 1. The molecule has 0 bridgehead atoms. The van der Waals surface area contributed by atoms with Gasteiger partial charge in [-0.15, -0.1) is 5.10 Å². The Morgan fingerprint density at radius 2 is 1.95 bits per heavy atom. The standard InChI is InChI=1S/C14H19N5O3/c15-14(18-19-8-6-16-7-9-19)17-12(20)13(21)22-10-11-4-2-1-3-5-11/h1-5,16H,6-10H2,(H3,15,17,18,20). The Kier molecular flexibility index (Phi) is 5.73. The summed E-state index contributed by atoms with van der Waals surface area (Å²) in [5.41, 5.74) is 6.40. The maximum Gasteiger partial charge on any atom is 0.397 e. The van der Waals surface area contributed by atoms with Gasteiger partial charge in [0.15, 0.2) is 0 Å². The molecule has 1 aliphatic rings. The second kappa shape index (κ2) is 7.99. The Hall–Kier alpha value is -2.61. The van der Waals surface area contributed by atoms with Crippen LogP contribution in [0.15, 0.2) is 35.4 Å². The van der Waals surface area contributed by atoms with Crippen LogP contribution >= 0.6 is 0 Å². The van der Waals surface area contributed by atoms with Crippen LogP contribution < -0.4 is 16.4 Å². The van der Waals surface area contributed by atoms with Crippen LogP contribution in [-0.4, -0.2) is 49.0 Å². The minimum absolute atomic E-state index is 0.0297. The quantitative estimate of drug-likeness (QED) is 0.285. The molecule has 22 heavy (non-hydrogen) atoms. The average Bonchev–Trinajstić information content (AvgIpc) is 2.54. The highest BCUT2D eigenvalue weighted by Gasteiger charge is 2.17. The van der Waals surface area contributed by atoms with Crippen molar-refractivity contribution in [3.63, 3.8) is 0 Å². The van der Waals surface area contributed by atoms with Gasteiger partial charge in [-0.2, -0.15) is 0 Å². The monoisotopic (exact) mass is 305 g/mol. The van der Waals surface area contributed by atoms with Crippen molar-refractivity contribution in [3.8, 4) is 0 Å². The summed E-state index contributed by atoms with van der Waals surface area (Å²) in [6.07, 6.45) is 0. The minimum atomic E-state index is -0.998. The normalized spacial score (nSPS) is 15.3. The molecule has 1 aromatic carbocycles. The Morgan fingerprint density at radius 1 is 1.27 bits per heavy atom. The van der Waals surface area contributed by atoms with Crippen molar-refractivity contribution in [3.05, 3.63) is 35.9 Å². The Labute approximate surface area is 128 Å². The summed E-state index contributed by atoms with van der Waals surface area (Å²) in [5.74, 6) is -2.06. The van der Waals surface area contributed by atoms with E-state index in [0.29, 0.717) is 13.1 Å². The highest BCUT2D eigenvalue weighted by Crippen LogP contribution is 2.00. The van der Waals surface area contributed by atoms with Crippen LogP contribution in [0.5, 0.6) is 0 Å². The van der Waals surface area contributed by atoms with Gasteiger partial charge >= 0.3 is 11.9 Å². The summed E-state index contributed by atoms with van der Waals surface area (Å²) in [6, 6.07) is 9.09. The Morgan fingerprint density at radius 3 is 2.64 bits per heavy atom. The fourth-order valence-electron chi connectivity index (χ4n) is 1.89. The SMILES string of the molecule is NC(=NN1CCNCC1)NC(=O)C(=O)OCc1ccccc1. The molecule has 0 unspecified atom stereocenters. The highest BCUT2D eigenvalue weighted by molar-refractivity contribution is 6.35. The van der Waals surface area contributed by atoms with Gasteiger partial charge in [0.1, 0.15) is 6.61 Å². The number of hydrogen-bond acceptors (Lipinski definition) is 6. The highest BCUT2D eigenvalue weighted by atomic mass is 16.5. The fourth-order valence-corrected chi connectivity index (χ4v) is 1.89. The predicted molar refractivity (Wildman–Crippen MR) is 80.4 cm³/mol. The first kappa shape index (κ1) is 15.8. The smallest absolute Gasteiger partial charge is 0.397 e. The lowest BCUT2D eigenvalue weighted by atomic mass is 10.2. The summed E-state index contributed by atoms with van der Waals surface area (Å²) in [6.45, 7) is 3.00. The summed E-state index contributed by atoms with van der Waals surface area (Å²) in [5, 5.41) is 11.1. The number of carbonyl (C=O) groups is 2. The lowest BCUT2D eigenvalue weighted by Crippen LogP contribution is -2.46. The maximum atomic E-state index is 11.6. The van der Waals surface area contributed by atoms with E-state index in [1.54, 1.807) is 17.1 Å². The summed E-state index contributed by atoms with van der Waals surface area (Å²) < 4.78 is 4.90. The van der Waals surface area contributed by atoms with Crippen molar-refractivity contribution in [2.45, 2.75) is 6.61 Å². The second-order valence-corrected chi connectivity index (χ2v) is 4.70. The molecule has 8 nitrogen and oxygen atoms in total. The van der Waals surface area contributed by atoms with E-state index in [1.807, 2.05) is 18.2 Å². The van der Waals surface area contributed by atoms with Gasteiger partial charge in [0.05, 0.1) is 0 Å². The molecule has 4 N–H and O–H groups in total. The van der Waals surface area contributed by atoms with Crippen LogP contribution in [0.25, 0.3) is 0 Å². The number of benzene rings is 1. The first-order valence-corrected chi connectivity index (χ1v) is 6.97. The number of nitrogens with one attached hydrogen (secondary N) is 2. The molecule has 8 heteroatoms. The number of esters is 1. The van der Waals surface area contributed by atoms with Crippen LogP contribution in [-0.2, 0) is 20.9 Å². The molecular formula is C14H19N5O3. The molecule has 0 aliphatic carbocycles. The van der Waals surface area contributed by atoms with E-state index >= 15 is 0 Å². The van der Waals surface area contributed by atoms with Crippen LogP contribution in [0.2, 0.25) is 0 Å². The van der Waals surface area contributed by atoms with Gasteiger partial charge in [-0.05, 0) is 5.56 Å². The zero-order chi connectivity index (χ0) is 15.8. The van der Waals surface area contributed by atoms with Gasteiger partial charge in [-0.3, -0.25) is 15.1 Å². The van der Waals surface area contributed by atoms with E-state index < -0.39 is 11.9 Å². The lowest BCUT2D eigenvalue weighted by Gasteiger charge is -2.24. The van der Waals surface area contributed by atoms with E-state index in [-0.39, 0.29) is 12.6 Å². The second-order valence-electron chi connectivity index (χ2n) is 4.70. The summed E-state index contributed by atoms with van der Waals surface area (Å²) >= 11 is 0. The number of hydrazone groups is 1. The molecule has 1 saturated heterocycles. The Balaban J connectivity index is 1.77. The zero-order valence-electron chi connectivity index (χ0n) is 12.1. The van der Waals surface area contributed by atoms with Crippen molar-refractivity contribution in [1.82, 2.24) is 15.6 Å². The van der Waals surface area contributed by atoms with E-state index in [0.717, 1.165) is 18.7 Å². The van der Waals surface area contributed by atoms with Gasteiger partial charge in [0.25, 0.3) is 0 Å². The lowest BCUT2D eigenvalue weighted by molar-refractivity contribution is -0.155. The average molecular weight is 305 g/mol. The van der Waals surface area contributed by atoms with Crippen LogP contribution in [0, 0.1) is 0 Å². The van der Waals surface area contributed by atoms with Crippen molar-refractivity contribution in [2.24, 2.45) is 10.8 Å². The third-order valence-electron chi connectivity index (χ3n) is 2.98. The topological polar surface area (TPSA) is 109 Å². The summed E-state index contributed by atoms with van der Waals surface area (Å²) in [7, 11) is 0. The number of hydrogen-bond donors (Lipinski definition) is 3. The van der Waals surface area contributed by atoms with Crippen molar-refractivity contribution >= 4 is 17.8 Å². The van der Waals surface area contributed by atoms with Gasteiger partial charge < -0.3 is 15.8 Å². The third kappa shape index (κ3) is 5.06. The number of carbonyl (C=O) groups excluding carboxylic acids is 2. The molecule has 2 rings (SSSR count). The number of rotatable bonds is 3. The molecule has 1 heterocycles. The molecule has 1 aromatic rings. The first-order chi connectivity index (χ1) is 10.6. The van der Waals surface area contributed by atoms with Crippen LogP contribution in [0.1, 0.15) is 5.56 Å². The van der Waals surface area contributed by atoms with E-state index in [4.69, 9.17) is 10.5 Å². The number of piperazine rings is 1. The van der Waals surface area contributed by atoms with Gasteiger partial charge in [0.2, 0.25) is 5.96 Å². The molecule has 1 aliphatic heterocycles. The van der Waals surface area contributed by atoms with Gasteiger partial charge in [-0.1, -0.05) is 30.3 Å². The number of amides is 1. The molecule has 0 spiro atoms. The fraction of sp³-hybridized carbons (Fsp3) is 0.357. The third-order valence-corrected chi connectivity index (χ3v) is 2.98. The minimum Gasteiger partial charge on any atom is -0.454 e. The van der Waals surface area contributed by atoms with Gasteiger partial charge in [-0.25, -0.2) is 4.79 Å². The largest absolute Gasteiger partial charge is 0.454 e. The molecule has 0 saturated carbocycles. The first-order valence-electron chi connectivity index (χ1n) is 6.97. The number of guanidine groups is 1. The predicted octanol–water partition coefficient (Wildman–Crippen LogP) is -1.02. The molecule has 1 fully saturated rings. The van der Waals surface area contributed by atoms with Gasteiger partial charge in [0, 0.05) is 26.2 Å². The van der Waals surface area contributed by atoms with Crippen LogP contribution in [0.4, 0.5) is 0 Å². The number of ether oxygens (including phenoxy) is 1. The zero-order valence-corrected chi connectivity index (χ0v) is 12.1. The number of nitrogens with zero attached hydrogens (tertiary/aromatic N) is 2. The van der Waals surface area contributed by atoms with Crippen molar-refractivity contribution in [1.29, 1.82) is 0 Å². The summed E-state index contributed by atoms with van der Waals surface area (Å²) in [4.78, 5) is 23.2. The maximum absolute atomic E-state index is 11.6. The molecule has 1 amide bonds. The van der Waals surface area contributed by atoms with Crippen molar-refractivity contribution < 1.29 is 14.3 Å².